The van der Waals surface area contributed by atoms with E-state index in [4.69, 9.17) is 0 Å². The molecular formula is ArF4Na2Si. The van der Waals surface area contributed by atoms with Crippen LogP contribution in [0.15, 0.2) is 0 Å². The van der Waals surface area contributed by atoms with Crippen molar-refractivity contribution in [2.75, 3.05) is 0 Å². The maximum Gasteiger partial charge on any atom is 0.844 e. The second kappa shape index (κ2) is 10.2. The Hall–Kier alpha value is 3.20. The second-order valence-electron chi connectivity index (χ2n) is 0.429. The Labute approximate surface area is 120 Å². The Morgan fingerprint density at radius 1 is 0.750 bits per heavy atom. The Kier molecular flexibility index (Phi) is 28.6. The molecule has 0 heterocycles. The van der Waals surface area contributed by atoms with E-state index in [0.717, 1.165) is 0 Å². The van der Waals surface area contributed by atoms with E-state index in [2.05, 4.69) is 0 Å². The fraction of sp³-hybridized carbons (Fsp3) is 0. The first-order valence-electron chi connectivity index (χ1n) is 0.756. The Bertz CT molecular complexity index is 29.5. The first kappa shape index (κ1) is 22.5. The minimum atomic E-state index is -6.61. The fourth-order valence-electron chi connectivity index (χ4n) is 0. The van der Waals surface area contributed by atoms with Crippen LogP contribution >= 0.6 is 0 Å². The third-order valence-electron chi connectivity index (χ3n) is 0. The summed E-state index contributed by atoms with van der Waals surface area (Å²) < 4.78 is 39.3. The van der Waals surface area contributed by atoms with Gasteiger partial charge in [-0.1, -0.05) is 0 Å². The third-order valence-corrected chi connectivity index (χ3v) is 0. The minimum absolute atomic E-state index is 0. The van der Waals surface area contributed by atoms with E-state index in [9.17, 15) is 16.4 Å². The summed E-state index contributed by atoms with van der Waals surface area (Å²) in [5.74, 6) is 0. The quantitative estimate of drug-likeness (QED) is 0.297. The van der Waals surface area contributed by atoms with Crippen molar-refractivity contribution in [3.05, 3.63) is 0 Å². The average molecular weight is 190 g/mol. The molecule has 0 aliphatic rings. The molecule has 0 rings (SSSR count). The van der Waals surface area contributed by atoms with Gasteiger partial charge >= 0.3 is 9.41 Å². The standard InChI is InChI=1S/Ar.F4Si.2Na/c;1-5(2,3)4;;. The van der Waals surface area contributed by atoms with Gasteiger partial charge in [0.1, 0.15) is 0 Å². The van der Waals surface area contributed by atoms with Crippen molar-refractivity contribution in [3.8, 4) is 0 Å². The largest absolute Gasteiger partial charge is 0.844 e. The molecule has 0 saturated carbocycles. The fourth-order valence-corrected chi connectivity index (χ4v) is 0. The molecule has 0 bridgehead atoms. The molecule has 0 N–H and O–H groups in total. The van der Waals surface area contributed by atoms with Crippen LogP contribution in [0.2, 0.25) is 0 Å². The first-order valence-corrected chi connectivity index (χ1v) is 2.27. The van der Waals surface area contributed by atoms with E-state index < -0.39 is 9.41 Å². The van der Waals surface area contributed by atoms with Gasteiger partial charge in [0.15, 0.2) is 0 Å². The van der Waals surface area contributed by atoms with Crippen molar-refractivity contribution in [2.24, 2.45) is 0 Å². The van der Waals surface area contributed by atoms with Crippen LogP contribution in [0.5, 0.6) is 0 Å². The van der Waals surface area contributed by atoms with Gasteiger partial charge in [-0.05, 0) is 0 Å². The molecule has 8 heteroatoms. The molecule has 8 heavy (non-hydrogen) atoms. The molecule has 0 aliphatic carbocycles. The summed E-state index contributed by atoms with van der Waals surface area (Å²) in [5.41, 5.74) is 0. The zero-order valence-electron chi connectivity index (χ0n) is 4.37. The molecule has 0 aromatic heterocycles. The van der Waals surface area contributed by atoms with Gasteiger partial charge in [-0.15, -0.1) is 0 Å². The van der Waals surface area contributed by atoms with Crippen molar-refractivity contribution in [1.82, 2.24) is 0 Å². The van der Waals surface area contributed by atoms with Gasteiger partial charge in [0.2, 0.25) is 0 Å². The Morgan fingerprint density at radius 2 is 0.750 bits per heavy atom. The molecule has 0 spiro atoms. The molecule has 0 aromatic rings. The summed E-state index contributed by atoms with van der Waals surface area (Å²) in [4.78, 5) is 0. The molecule has 0 saturated heterocycles. The Morgan fingerprint density at radius 3 is 0.750 bits per heavy atom. The monoisotopic (exact) mass is 190 g/mol. The Balaban J connectivity index is -0.0000000267. The van der Waals surface area contributed by atoms with Crippen molar-refractivity contribution in [3.63, 3.8) is 0 Å². The summed E-state index contributed by atoms with van der Waals surface area (Å²) in [6.45, 7) is 0. The SMILES string of the molecule is F[Si](F)(F)F.[Ar].[Na].[Na]. The molecular weight excluding hydrogens is 190 g/mol. The summed E-state index contributed by atoms with van der Waals surface area (Å²) in [6, 6.07) is 0. The van der Waals surface area contributed by atoms with Crippen LogP contribution in [0, 0.1) is 37.7 Å². The van der Waals surface area contributed by atoms with E-state index in [-0.39, 0.29) is 96.9 Å². The van der Waals surface area contributed by atoms with Crippen molar-refractivity contribution >= 4 is 68.5 Å². The molecule has 0 amide bonds. The molecule has 42 valence electrons. The number of hydrogen-bond donors (Lipinski definition) is 0. The average Bonchev–Trinajstić information content (AvgIpc) is 0.722. The summed E-state index contributed by atoms with van der Waals surface area (Å²) >= 11 is 0. The smallest absolute Gasteiger partial charge is 0.211 e. The predicted molar refractivity (Wildman–Crippen MR) is 21.7 cm³/mol. The van der Waals surface area contributed by atoms with Gasteiger partial charge in [0.25, 0.3) is 0 Å². The zero-order chi connectivity index (χ0) is 4.50. The molecule has 0 fully saturated rings. The molecule has 0 nitrogen and oxygen atoms in total. The number of rotatable bonds is 0. The summed E-state index contributed by atoms with van der Waals surface area (Å²) in [5, 5.41) is 0. The van der Waals surface area contributed by atoms with E-state index in [1.54, 1.807) is 0 Å². The van der Waals surface area contributed by atoms with Gasteiger partial charge in [-0.25, -0.2) is 16.4 Å². The number of hydrogen-bond acceptors (Lipinski definition) is 0. The van der Waals surface area contributed by atoms with E-state index in [1.807, 2.05) is 0 Å². The predicted octanol–water partition coefficient (Wildman–Crippen LogP) is 0.538. The molecule has 0 atom stereocenters. The second-order valence-corrected chi connectivity index (χ2v) is 1.29. The van der Waals surface area contributed by atoms with Crippen molar-refractivity contribution in [1.29, 1.82) is 0 Å². The molecule has 0 aromatic carbocycles. The van der Waals surface area contributed by atoms with Crippen LogP contribution in [-0.4, -0.2) is 68.5 Å². The summed E-state index contributed by atoms with van der Waals surface area (Å²) in [7, 11) is -6.61. The van der Waals surface area contributed by atoms with Gasteiger partial charge in [0, 0.05) is 96.9 Å². The number of halogens is 4. The first-order chi connectivity index (χ1) is 2.00. The van der Waals surface area contributed by atoms with Crippen molar-refractivity contribution < 1.29 is 54.2 Å². The van der Waals surface area contributed by atoms with Crippen LogP contribution < -0.4 is 0 Å². The van der Waals surface area contributed by atoms with Crippen molar-refractivity contribution in [2.45, 2.75) is 0 Å². The van der Waals surface area contributed by atoms with Gasteiger partial charge < -0.3 is 0 Å². The topological polar surface area (TPSA) is 0 Å². The normalized spacial score (nSPS) is 7.50. The third kappa shape index (κ3) is 60.5. The maximum atomic E-state index is 9.83. The zero-order valence-corrected chi connectivity index (χ0v) is 10.1. The van der Waals surface area contributed by atoms with Crippen LogP contribution in [0.25, 0.3) is 0 Å². The van der Waals surface area contributed by atoms with Gasteiger partial charge in [-0.2, -0.15) is 0 Å². The molecule has 0 unspecified atom stereocenters. The van der Waals surface area contributed by atoms with Gasteiger partial charge in [-0.3, -0.25) is 0 Å². The van der Waals surface area contributed by atoms with Crippen LogP contribution in [0.1, 0.15) is 0 Å². The van der Waals surface area contributed by atoms with Crippen LogP contribution in [-0.2, 0) is 0 Å². The van der Waals surface area contributed by atoms with Crippen LogP contribution in [0.4, 0.5) is 16.4 Å². The van der Waals surface area contributed by atoms with E-state index >= 15 is 0 Å². The van der Waals surface area contributed by atoms with Gasteiger partial charge in [0.05, 0.1) is 0 Å². The minimum Gasteiger partial charge on any atom is -0.211 e. The summed E-state index contributed by atoms with van der Waals surface area (Å²) in [6.07, 6.45) is 0. The molecule has 2 radical (unpaired) electrons. The van der Waals surface area contributed by atoms with E-state index in [1.165, 1.54) is 0 Å². The maximum absolute atomic E-state index is 9.83. The molecule has 0 aliphatic heterocycles. The van der Waals surface area contributed by atoms with Crippen LogP contribution in [0.3, 0.4) is 0 Å². The van der Waals surface area contributed by atoms with E-state index in [0.29, 0.717) is 0 Å².